The molecule has 0 heterocycles. The normalized spacial score (nSPS) is 13.2. The SMILES string of the molecule is CC(CBr)NC(=O)c1ccccc1C(F)(F)F. The molecule has 0 bridgehead atoms. The highest BCUT2D eigenvalue weighted by molar-refractivity contribution is 9.09. The van der Waals surface area contributed by atoms with E-state index >= 15 is 0 Å². The topological polar surface area (TPSA) is 29.1 Å². The summed E-state index contributed by atoms with van der Waals surface area (Å²) in [6.07, 6.45) is -4.52. The number of amides is 1. The molecule has 94 valence electrons. The van der Waals surface area contributed by atoms with Gasteiger partial charge in [-0.2, -0.15) is 13.2 Å². The van der Waals surface area contributed by atoms with Crippen molar-refractivity contribution in [1.82, 2.24) is 5.32 Å². The van der Waals surface area contributed by atoms with Gasteiger partial charge in [0.15, 0.2) is 0 Å². The molecule has 0 saturated carbocycles. The van der Waals surface area contributed by atoms with Gasteiger partial charge in [0.1, 0.15) is 0 Å². The van der Waals surface area contributed by atoms with E-state index in [0.29, 0.717) is 5.33 Å². The molecule has 0 fully saturated rings. The summed E-state index contributed by atoms with van der Waals surface area (Å²) in [6, 6.07) is 4.49. The number of halogens is 4. The molecule has 0 saturated heterocycles. The van der Waals surface area contributed by atoms with Crippen LogP contribution in [0.2, 0.25) is 0 Å². The Morgan fingerprint density at radius 3 is 2.53 bits per heavy atom. The van der Waals surface area contributed by atoms with Gasteiger partial charge in [0.05, 0.1) is 11.1 Å². The molecule has 0 aliphatic heterocycles. The number of carbonyl (C=O) groups excluding carboxylic acids is 1. The molecular weight excluding hydrogens is 299 g/mol. The first-order valence-corrected chi connectivity index (χ1v) is 6.01. The summed E-state index contributed by atoms with van der Waals surface area (Å²) in [5.74, 6) is -0.718. The molecule has 6 heteroatoms. The van der Waals surface area contributed by atoms with Crippen LogP contribution in [-0.4, -0.2) is 17.3 Å². The van der Waals surface area contributed by atoms with E-state index in [0.717, 1.165) is 6.07 Å². The van der Waals surface area contributed by atoms with Gasteiger partial charge in [-0.1, -0.05) is 28.1 Å². The summed E-state index contributed by atoms with van der Waals surface area (Å²) in [5, 5.41) is 2.95. The minimum absolute atomic E-state index is 0.233. The zero-order valence-electron chi connectivity index (χ0n) is 9.01. The van der Waals surface area contributed by atoms with E-state index in [1.807, 2.05) is 0 Å². The summed E-state index contributed by atoms with van der Waals surface area (Å²) < 4.78 is 37.9. The van der Waals surface area contributed by atoms with Crippen molar-refractivity contribution in [2.75, 3.05) is 5.33 Å². The second-order valence-corrected chi connectivity index (χ2v) is 4.22. The second-order valence-electron chi connectivity index (χ2n) is 3.57. The Labute approximate surface area is 105 Å². The number of rotatable bonds is 3. The Kier molecular flexibility index (Phi) is 4.56. The van der Waals surface area contributed by atoms with Crippen molar-refractivity contribution in [2.24, 2.45) is 0 Å². The number of alkyl halides is 4. The number of hydrogen-bond donors (Lipinski definition) is 1. The van der Waals surface area contributed by atoms with Crippen molar-refractivity contribution in [2.45, 2.75) is 19.1 Å². The van der Waals surface area contributed by atoms with Crippen LogP contribution in [0.4, 0.5) is 13.2 Å². The number of carbonyl (C=O) groups is 1. The zero-order chi connectivity index (χ0) is 13.1. The van der Waals surface area contributed by atoms with Crippen LogP contribution in [0, 0.1) is 0 Å². The van der Waals surface area contributed by atoms with Gasteiger partial charge in [-0.15, -0.1) is 0 Å². The van der Waals surface area contributed by atoms with Crippen LogP contribution in [0.3, 0.4) is 0 Å². The van der Waals surface area contributed by atoms with Gasteiger partial charge >= 0.3 is 6.18 Å². The minimum atomic E-state index is -4.52. The van der Waals surface area contributed by atoms with Crippen molar-refractivity contribution in [3.05, 3.63) is 35.4 Å². The number of nitrogens with one attached hydrogen (secondary N) is 1. The predicted molar refractivity (Wildman–Crippen MR) is 62.2 cm³/mol. The predicted octanol–water partition coefficient (Wildman–Crippen LogP) is 3.22. The van der Waals surface area contributed by atoms with E-state index in [1.54, 1.807) is 6.92 Å². The Hall–Kier alpha value is -1.04. The van der Waals surface area contributed by atoms with Crippen molar-refractivity contribution in [1.29, 1.82) is 0 Å². The molecule has 0 spiro atoms. The van der Waals surface area contributed by atoms with Crippen molar-refractivity contribution >= 4 is 21.8 Å². The third-order valence-electron chi connectivity index (χ3n) is 2.09. The van der Waals surface area contributed by atoms with E-state index in [-0.39, 0.29) is 11.6 Å². The smallest absolute Gasteiger partial charge is 0.349 e. The van der Waals surface area contributed by atoms with Crippen molar-refractivity contribution < 1.29 is 18.0 Å². The quantitative estimate of drug-likeness (QED) is 0.853. The summed E-state index contributed by atoms with van der Waals surface area (Å²) in [5.41, 5.74) is -1.27. The maximum absolute atomic E-state index is 12.6. The maximum atomic E-state index is 12.6. The Balaban J connectivity index is 3.02. The van der Waals surface area contributed by atoms with Gasteiger partial charge in [-0.05, 0) is 19.1 Å². The molecule has 2 nitrogen and oxygen atoms in total. The highest BCUT2D eigenvalue weighted by Crippen LogP contribution is 2.31. The maximum Gasteiger partial charge on any atom is 0.417 e. The van der Waals surface area contributed by atoms with Crippen LogP contribution in [0.25, 0.3) is 0 Å². The average molecular weight is 310 g/mol. The van der Waals surface area contributed by atoms with E-state index < -0.39 is 17.6 Å². The summed E-state index contributed by atoms with van der Waals surface area (Å²) in [4.78, 5) is 11.6. The first-order valence-electron chi connectivity index (χ1n) is 4.89. The fourth-order valence-corrected chi connectivity index (χ4v) is 1.43. The van der Waals surface area contributed by atoms with Crippen LogP contribution in [0.1, 0.15) is 22.8 Å². The van der Waals surface area contributed by atoms with Crippen molar-refractivity contribution in [3.8, 4) is 0 Å². The molecule has 17 heavy (non-hydrogen) atoms. The molecule has 1 atom stereocenters. The summed E-state index contributed by atoms with van der Waals surface area (Å²) >= 11 is 3.14. The molecule has 0 radical (unpaired) electrons. The van der Waals surface area contributed by atoms with Crippen LogP contribution < -0.4 is 5.32 Å². The monoisotopic (exact) mass is 309 g/mol. The lowest BCUT2D eigenvalue weighted by molar-refractivity contribution is -0.137. The lowest BCUT2D eigenvalue weighted by Gasteiger charge is -2.15. The lowest BCUT2D eigenvalue weighted by atomic mass is 10.1. The molecule has 0 aliphatic rings. The molecule has 1 aromatic rings. The van der Waals surface area contributed by atoms with E-state index in [4.69, 9.17) is 0 Å². The third-order valence-corrected chi connectivity index (χ3v) is 3.06. The summed E-state index contributed by atoms with van der Waals surface area (Å²) in [7, 11) is 0. The molecule has 1 rings (SSSR count). The molecular formula is C11H11BrF3NO. The third kappa shape index (κ3) is 3.73. The van der Waals surface area contributed by atoms with Crippen molar-refractivity contribution in [3.63, 3.8) is 0 Å². The Morgan fingerprint density at radius 2 is 2.00 bits per heavy atom. The highest BCUT2D eigenvalue weighted by atomic mass is 79.9. The van der Waals surface area contributed by atoms with Gasteiger partial charge in [0.2, 0.25) is 0 Å². The second kappa shape index (κ2) is 5.53. The highest BCUT2D eigenvalue weighted by Gasteiger charge is 2.34. The average Bonchev–Trinajstić information content (AvgIpc) is 2.27. The van der Waals surface area contributed by atoms with Gasteiger partial charge in [-0.25, -0.2) is 0 Å². The summed E-state index contributed by atoms with van der Waals surface area (Å²) in [6.45, 7) is 1.70. The van der Waals surface area contributed by atoms with Gasteiger partial charge in [-0.3, -0.25) is 4.79 Å². The molecule has 1 amide bonds. The largest absolute Gasteiger partial charge is 0.417 e. The molecule has 1 aromatic carbocycles. The fraction of sp³-hybridized carbons (Fsp3) is 0.364. The molecule has 1 unspecified atom stereocenters. The first kappa shape index (κ1) is 14.0. The number of benzene rings is 1. The van der Waals surface area contributed by atoms with E-state index in [1.165, 1.54) is 18.2 Å². The first-order chi connectivity index (χ1) is 7.86. The lowest BCUT2D eigenvalue weighted by Crippen LogP contribution is -2.34. The van der Waals surface area contributed by atoms with Crippen LogP contribution in [0.5, 0.6) is 0 Å². The molecule has 0 aromatic heterocycles. The Bertz CT molecular complexity index is 406. The van der Waals surface area contributed by atoms with E-state index in [2.05, 4.69) is 21.2 Å². The van der Waals surface area contributed by atoms with Crippen LogP contribution >= 0.6 is 15.9 Å². The Morgan fingerprint density at radius 1 is 1.41 bits per heavy atom. The van der Waals surface area contributed by atoms with Gasteiger partial charge < -0.3 is 5.32 Å². The zero-order valence-corrected chi connectivity index (χ0v) is 10.6. The molecule has 1 N–H and O–H groups in total. The fourth-order valence-electron chi connectivity index (χ4n) is 1.27. The van der Waals surface area contributed by atoms with Crippen LogP contribution in [-0.2, 0) is 6.18 Å². The number of hydrogen-bond acceptors (Lipinski definition) is 1. The molecule has 0 aliphatic carbocycles. The standard InChI is InChI=1S/C11H11BrF3NO/c1-7(6-12)16-10(17)8-4-2-3-5-9(8)11(13,14)15/h2-5,7H,6H2,1H3,(H,16,17). The van der Waals surface area contributed by atoms with Crippen LogP contribution in [0.15, 0.2) is 24.3 Å². The van der Waals surface area contributed by atoms with Gasteiger partial charge in [0, 0.05) is 11.4 Å². The van der Waals surface area contributed by atoms with E-state index in [9.17, 15) is 18.0 Å². The van der Waals surface area contributed by atoms with Gasteiger partial charge in [0.25, 0.3) is 5.91 Å². The minimum Gasteiger partial charge on any atom is -0.349 e.